The zero-order valence-electron chi connectivity index (χ0n) is 13.8. The molecule has 122 valence electrons. The Bertz CT molecular complexity index is 911. The maximum atomic E-state index is 5.83. The predicted octanol–water partition coefficient (Wildman–Crippen LogP) is 4.40. The second kappa shape index (κ2) is 6.65. The number of aliphatic imine (C=N–C) groups is 1. The summed E-state index contributed by atoms with van der Waals surface area (Å²) in [5.74, 6) is 0. The van der Waals surface area contributed by atoms with Crippen LogP contribution >= 0.6 is 0 Å². The highest BCUT2D eigenvalue weighted by Crippen LogP contribution is 2.26. The minimum absolute atomic E-state index is 0.143. The highest BCUT2D eigenvalue weighted by atomic mass is 15.1. The molecule has 1 unspecified atom stereocenters. The third-order valence-corrected chi connectivity index (χ3v) is 4.25. The van der Waals surface area contributed by atoms with Gasteiger partial charge in [-0.25, -0.2) is 0 Å². The van der Waals surface area contributed by atoms with Crippen molar-refractivity contribution >= 4 is 17.1 Å². The Morgan fingerprint density at radius 1 is 0.720 bits per heavy atom. The van der Waals surface area contributed by atoms with Crippen LogP contribution in [0.4, 0.5) is 5.69 Å². The van der Waals surface area contributed by atoms with Crippen molar-refractivity contribution in [1.29, 1.82) is 0 Å². The number of hydrogen-bond donors (Lipinski definition) is 2. The van der Waals surface area contributed by atoms with E-state index in [9.17, 15) is 0 Å². The van der Waals surface area contributed by atoms with Crippen LogP contribution in [0.25, 0.3) is 5.70 Å². The molecule has 3 N–H and O–H groups in total. The second-order valence-electron chi connectivity index (χ2n) is 6.02. The number of benzene rings is 3. The van der Waals surface area contributed by atoms with Gasteiger partial charge in [-0.1, -0.05) is 72.8 Å². The summed E-state index contributed by atoms with van der Waals surface area (Å²) < 4.78 is 0. The van der Waals surface area contributed by atoms with Gasteiger partial charge in [0, 0.05) is 11.4 Å². The molecule has 0 amide bonds. The topological polar surface area (TPSA) is 50.4 Å². The number of rotatable bonds is 3. The van der Waals surface area contributed by atoms with E-state index in [1.165, 1.54) is 0 Å². The zero-order valence-corrected chi connectivity index (χ0v) is 13.8. The van der Waals surface area contributed by atoms with Gasteiger partial charge in [0.15, 0.2) is 0 Å². The quantitative estimate of drug-likeness (QED) is 0.701. The highest BCUT2D eigenvalue weighted by Gasteiger charge is 2.19. The first kappa shape index (κ1) is 15.2. The van der Waals surface area contributed by atoms with Gasteiger partial charge in [-0.15, -0.1) is 0 Å². The SMILES string of the molecule is Nc1ccc(C2N=C(c3ccccc3)C=C(c3ccccc3)N2)cc1. The molecule has 0 aliphatic carbocycles. The lowest BCUT2D eigenvalue weighted by Crippen LogP contribution is -2.24. The monoisotopic (exact) mass is 325 g/mol. The van der Waals surface area contributed by atoms with Crippen molar-refractivity contribution in [3.8, 4) is 0 Å². The number of allylic oxidation sites excluding steroid dienone is 1. The molecule has 1 heterocycles. The Hall–Kier alpha value is -3.33. The van der Waals surface area contributed by atoms with Gasteiger partial charge in [-0.2, -0.15) is 0 Å². The summed E-state index contributed by atoms with van der Waals surface area (Å²) in [5, 5.41) is 3.54. The molecule has 1 atom stereocenters. The van der Waals surface area contributed by atoms with Crippen LogP contribution in [0.2, 0.25) is 0 Å². The fraction of sp³-hybridized carbons (Fsp3) is 0.0455. The van der Waals surface area contributed by atoms with Crippen molar-refractivity contribution in [2.45, 2.75) is 6.17 Å². The maximum absolute atomic E-state index is 5.83. The Morgan fingerprint density at radius 2 is 1.32 bits per heavy atom. The Labute approximate surface area is 147 Å². The van der Waals surface area contributed by atoms with Crippen molar-refractivity contribution in [2.75, 3.05) is 5.73 Å². The van der Waals surface area contributed by atoms with E-state index < -0.39 is 0 Å². The molecule has 0 spiro atoms. The Kier molecular flexibility index (Phi) is 4.05. The molecule has 1 aliphatic heterocycles. The number of hydrogen-bond acceptors (Lipinski definition) is 3. The fourth-order valence-electron chi connectivity index (χ4n) is 2.92. The average Bonchev–Trinajstić information content (AvgIpc) is 2.69. The van der Waals surface area contributed by atoms with Gasteiger partial charge in [0.25, 0.3) is 0 Å². The molecule has 0 saturated heterocycles. The van der Waals surface area contributed by atoms with Crippen LogP contribution < -0.4 is 11.1 Å². The summed E-state index contributed by atoms with van der Waals surface area (Å²) in [5.41, 5.74) is 12.0. The number of nitrogens with one attached hydrogen (secondary N) is 1. The van der Waals surface area contributed by atoms with E-state index in [0.29, 0.717) is 0 Å². The van der Waals surface area contributed by atoms with Gasteiger partial charge in [0.05, 0.1) is 5.71 Å². The van der Waals surface area contributed by atoms with E-state index in [0.717, 1.165) is 33.8 Å². The van der Waals surface area contributed by atoms with Crippen molar-refractivity contribution in [3.63, 3.8) is 0 Å². The fourth-order valence-corrected chi connectivity index (χ4v) is 2.92. The first-order valence-corrected chi connectivity index (χ1v) is 8.32. The molecule has 0 fully saturated rings. The number of nitrogen functional groups attached to an aromatic ring is 1. The summed E-state index contributed by atoms with van der Waals surface area (Å²) in [6.07, 6.45) is 1.97. The summed E-state index contributed by atoms with van der Waals surface area (Å²) in [6, 6.07) is 28.5. The van der Waals surface area contributed by atoms with Crippen molar-refractivity contribution in [1.82, 2.24) is 5.32 Å². The van der Waals surface area contributed by atoms with Crippen LogP contribution in [-0.2, 0) is 0 Å². The van der Waals surface area contributed by atoms with E-state index in [1.807, 2.05) is 60.7 Å². The molecule has 0 bridgehead atoms. The summed E-state index contributed by atoms with van der Waals surface area (Å²) in [6.45, 7) is 0. The maximum Gasteiger partial charge on any atom is 0.145 e. The molecule has 0 radical (unpaired) electrons. The normalized spacial score (nSPS) is 16.6. The second-order valence-corrected chi connectivity index (χ2v) is 6.02. The number of nitrogens with two attached hydrogens (primary N) is 1. The van der Waals surface area contributed by atoms with Crippen molar-refractivity contribution in [3.05, 3.63) is 108 Å². The molecule has 1 aliphatic rings. The van der Waals surface area contributed by atoms with Gasteiger partial charge < -0.3 is 11.1 Å². The lowest BCUT2D eigenvalue weighted by Gasteiger charge is -2.25. The minimum atomic E-state index is -0.143. The average molecular weight is 325 g/mol. The third kappa shape index (κ3) is 3.31. The lowest BCUT2D eigenvalue weighted by atomic mass is 10.0. The van der Waals surface area contributed by atoms with Crippen LogP contribution in [0.15, 0.2) is 96.0 Å². The first-order valence-electron chi connectivity index (χ1n) is 8.32. The summed E-state index contributed by atoms with van der Waals surface area (Å²) in [7, 11) is 0. The van der Waals surface area contributed by atoms with Crippen LogP contribution in [0.3, 0.4) is 0 Å². The van der Waals surface area contributed by atoms with Gasteiger partial charge in [-0.05, 0) is 34.9 Å². The van der Waals surface area contributed by atoms with E-state index in [-0.39, 0.29) is 6.17 Å². The summed E-state index contributed by atoms with van der Waals surface area (Å²) >= 11 is 0. The summed E-state index contributed by atoms with van der Waals surface area (Å²) in [4.78, 5) is 4.92. The van der Waals surface area contributed by atoms with Gasteiger partial charge in [0.1, 0.15) is 6.17 Å². The lowest BCUT2D eigenvalue weighted by molar-refractivity contribution is 0.664. The van der Waals surface area contributed by atoms with Crippen LogP contribution in [0, 0.1) is 0 Å². The predicted molar refractivity (Wildman–Crippen MR) is 104 cm³/mol. The largest absolute Gasteiger partial charge is 0.399 e. The van der Waals surface area contributed by atoms with E-state index in [4.69, 9.17) is 10.7 Å². The molecular weight excluding hydrogens is 306 g/mol. The minimum Gasteiger partial charge on any atom is -0.399 e. The van der Waals surface area contributed by atoms with Crippen LogP contribution in [-0.4, -0.2) is 5.71 Å². The van der Waals surface area contributed by atoms with Crippen molar-refractivity contribution in [2.24, 2.45) is 4.99 Å². The Balaban J connectivity index is 1.78. The van der Waals surface area contributed by atoms with Gasteiger partial charge in [0.2, 0.25) is 0 Å². The molecule has 3 aromatic carbocycles. The third-order valence-electron chi connectivity index (χ3n) is 4.25. The van der Waals surface area contributed by atoms with Crippen LogP contribution in [0.5, 0.6) is 0 Å². The molecular formula is C22H19N3. The number of nitrogens with zero attached hydrogens (tertiary/aromatic N) is 1. The van der Waals surface area contributed by atoms with Gasteiger partial charge >= 0.3 is 0 Å². The van der Waals surface area contributed by atoms with Crippen molar-refractivity contribution < 1.29 is 0 Å². The Morgan fingerprint density at radius 3 is 1.96 bits per heavy atom. The smallest absolute Gasteiger partial charge is 0.145 e. The standard InChI is InChI=1S/C22H19N3/c23-19-13-11-18(12-14-19)22-24-20(16-7-3-1-4-8-16)15-21(25-22)17-9-5-2-6-10-17/h1-15,22,24H,23H2. The highest BCUT2D eigenvalue weighted by molar-refractivity contribution is 6.13. The number of anilines is 1. The first-order chi connectivity index (χ1) is 12.3. The molecule has 4 rings (SSSR count). The zero-order chi connectivity index (χ0) is 17.1. The van der Waals surface area contributed by atoms with E-state index in [2.05, 4.69) is 35.7 Å². The molecule has 3 aromatic rings. The molecule has 0 aromatic heterocycles. The van der Waals surface area contributed by atoms with Gasteiger partial charge in [-0.3, -0.25) is 4.99 Å². The molecule has 3 heteroatoms. The molecule has 0 saturated carbocycles. The molecule has 3 nitrogen and oxygen atoms in total. The van der Waals surface area contributed by atoms with Crippen LogP contribution in [0.1, 0.15) is 22.9 Å². The van der Waals surface area contributed by atoms with E-state index in [1.54, 1.807) is 0 Å². The van der Waals surface area contributed by atoms with E-state index >= 15 is 0 Å². The molecule has 25 heavy (non-hydrogen) atoms.